The first kappa shape index (κ1) is 17.8. The Morgan fingerprint density at radius 2 is 1.22 bits per heavy atom. The summed E-state index contributed by atoms with van der Waals surface area (Å²) in [5.74, 6) is 0. The average Bonchev–Trinajstić information content (AvgIpc) is 2.36. The molecule has 0 amide bonds. The zero-order valence-corrected chi connectivity index (χ0v) is 10.8. The normalized spacial score (nSPS) is 20.2. The third kappa shape index (κ3) is 6.08. The molecule has 6 N–H and O–H groups in total. The molecule has 0 bridgehead atoms. The highest BCUT2D eigenvalue weighted by Gasteiger charge is 2.33. The van der Waals surface area contributed by atoms with E-state index in [1.807, 2.05) is 6.92 Å². The number of aliphatic hydroxyl groups is 6. The molecular weight excluding hydrogens is 240 g/mol. The summed E-state index contributed by atoms with van der Waals surface area (Å²) in [6.07, 6.45) is -4.70. The minimum atomic E-state index is -1.59. The van der Waals surface area contributed by atoms with Gasteiger partial charge in [0, 0.05) is 6.61 Å². The van der Waals surface area contributed by atoms with Crippen molar-refractivity contribution < 1.29 is 30.6 Å². The largest absolute Gasteiger partial charge is 0.396 e. The molecule has 0 saturated carbocycles. The predicted molar refractivity (Wildman–Crippen MR) is 65.9 cm³/mol. The second-order valence-corrected chi connectivity index (χ2v) is 4.61. The number of aliphatic hydroxyl groups excluding tert-OH is 6. The average molecular weight is 266 g/mol. The first-order valence-electron chi connectivity index (χ1n) is 6.46. The van der Waals surface area contributed by atoms with Gasteiger partial charge in [0.25, 0.3) is 0 Å². The molecule has 0 saturated heterocycles. The van der Waals surface area contributed by atoms with Crippen molar-refractivity contribution in [3.63, 3.8) is 0 Å². The maximum atomic E-state index is 9.64. The van der Waals surface area contributed by atoms with Crippen LogP contribution in [0.15, 0.2) is 0 Å². The second-order valence-electron chi connectivity index (χ2n) is 4.61. The fraction of sp³-hybridized carbons (Fsp3) is 1.00. The van der Waals surface area contributed by atoms with Crippen molar-refractivity contribution in [2.75, 3.05) is 6.61 Å². The van der Waals surface area contributed by atoms with E-state index in [2.05, 4.69) is 0 Å². The molecule has 0 rings (SSSR count). The molecule has 0 fully saturated rings. The van der Waals surface area contributed by atoms with Gasteiger partial charge >= 0.3 is 0 Å². The molecular formula is C12H26O6. The third-order valence-electron chi connectivity index (χ3n) is 2.98. The lowest BCUT2D eigenvalue weighted by molar-refractivity contribution is -0.135. The number of unbranched alkanes of at least 4 members (excludes halogenated alkanes) is 1. The first-order chi connectivity index (χ1) is 8.45. The summed E-state index contributed by atoms with van der Waals surface area (Å²) < 4.78 is 0. The molecule has 6 heteroatoms. The molecule has 0 aromatic heterocycles. The van der Waals surface area contributed by atoms with Crippen molar-refractivity contribution >= 4 is 0 Å². The lowest BCUT2D eigenvalue weighted by Gasteiger charge is -2.29. The van der Waals surface area contributed by atoms with Crippen LogP contribution in [0.1, 0.15) is 39.0 Å². The summed E-state index contributed by atoms with van der Waals surface area (Å²) >= 11 is 0. The van der Waals surface area contributed by atoms with Crippen LogP contribution < -0.4 is 0 Å². The van der Waals surface area contributed by atoms with Crippen LogP contribution in [-0.2, 0) is 0 Å². The Balaban J connectivity index is 4.17. The van der Waals surface area contributed by atoms with Gasteiger partial charge in [-0.15, -0.1) is 0 Å². The van der Waals surface area contributed by atoms with Crippen molar-refractivity contribution in [2.24, 2.45) is 0 Å². The van der Waals surface area contributed by atoms with Crippen LogP contribution in [0.3, 0.4) is 0 Å². The quantitative estimate of drug-likeness (QED) is 0.275. The van der Waals surface area contributed by atoms with Gasteiger partial charge in [-0.1, -0.05) is 13.3 Å². The van der Waals surface area contributed by atoms with Gasteiger partial charge < -0.3 is 30.6 Å². The van der Waals surface area contributed by atoms with E-state index in [0.29, 0.717) is 25.7 Å². The summed E-state index contributed by atoms with van der Waals surface area (Å²) in [6.45, 7) is 1.83. The van der Waals surface area contributed by atoms with Crippen LogP contribution in [-0.4, -0.2) is 67.8 Å². The summed E-state index contributed by atoms with van der Waals surface area (Å²) in [5.41, 5.74) is 0. The van der Waals surface area contributed by atoms with Crippen molar-refractivity contribution in [2.45, 2.75) is 69.5 Å². The predicted octanol–water partition coefficient (Wildman–Crippen LogP) is -1.25. The SMILES string of the molecule is CCC[C@@H](O)[C@@H](O)[C@@H](O)[C@H](O)[C@H](O)CCCCO. The molecule has 0 aliphatic carbocycles. The monoisotopic (exact) mass is 266 g/mol. The molecule has 6 nitrogen and oxygen atoms in total. The van der Waals surface area contributed by atoms with Gasteiger partial charge in [-0.3, -0.25) is 0 Å². The van der Waals surface area contributed by atoms with E-state index in [4.69, 9.17) is 5.11 Å². The molecule has 5 atom stereocenters. The van der Waals surface area contributed by atoms with Gasteiger partial charge in [0.05, 0.1) is 12.2 Å². The smallest absolute Gasteiger partial charge is 0.111 e. The zero-order chi connectivity index (χ0) is 14.1. The Kier molecular flexibility index (Phi) is 9.53. The van der Waals surface area contributed by atoms with E-state index in [1.165, 1.54) is 0 Å². The van der Waals surface area contributed by atoms with E-state index in [9.17, 15) is 25.5 Å². The van der Waals surface area contributed by atoms with Crippen molar-refractivity contribution in [1.82, 2.24) is 0 Å². The Morgan fingerprint density at radius 3 is 1.67 bits per heavy atom. The highest BCUT2D eigenvalue weighted by molar-refractivity contribution is 4.84. The zero-order valence-electron chi connectivity index (χ0n) is 10.8. The van der Waals surface area contributed by atoms with Gasteiger partial charge in [0.15, 0.2) is 0 Å². The van der Waals surface area contributed by atoms with E-state index in [1.54, 1.807) is 0 Å². The van der Waals surface area contributed by atoms with E-state index < -0.39 is 30.5 Å². The Morgan fingerprint density at radius 1 is 0.722 bits per heavy atom. The van der Waals surface area contributed by atoms with E-state index in [-0.39, 0.29) is 13.0 Å². The van der Waals surface area contributed by atoms with E-state index in [0.717, 1.165) is 0 Å². The van der Waals surface area contributed by atoms with Gasteiger partial charge in [-0.25, -0.2) is 0 Å². The third-order valence-corrected chi connectivity index (χ3v) is 2.98. The van der Waals surface area contributed by atoms with Crippen LogP contribution >= 0.6 is 0 Å². The van der Waals surface area contributed by atoms with Crippen LogP contribution in [0.2, 0.25) is 0 Å². The standard InChI is InChI=1S/C12H26O6/c1-2-5-8(14)10(16)12(18)11(17)9(15)6-3-4-7-13/h8-18H,2-7H2,1H3/t8-,9-,10-,11-,12-/m1/s1. The minimum absolute atomic E-state index is 0.00318. The Labute approximate surface area is 108 Å². The molecule has 0 aliphatic heterocycles. The second kappa shape index (κ2) is 9.66. The molecule has 18 heavy (non-hydrogen) atoms. The van der Waals surface area contributed by atoms with Crippen molar-refractivity contribution in [3.05, 3.63) is 0 Å². The maximum absolute atomic E-state index is 9.64. The molecule has 0 spiro atoms. The lowest BCUT2D eigenvalue weighted by atomic mass is 9.95. The highest BCUT2D eigenvalue weighted by Crippen LogP contribution is 2.14. The molecule has 0 aromatic carbocycles. The van der Waals surface area contributed by atoms with Crippen LogP contribution in [0.5, 0.6) is 0 Å². The molecule has 0 heterocycles. The number of hydrogen-bond donors (Lipinski definition) is 6. The number of hydrogen-bond acceptors (Lipinski definition) is 6. The molecule has 0 aromatic rings. The summed E-state index contributed by atoms with van der Waals surface area (Å²) in [4.78, 5) is 0. The van der Waals surface area contributed by atoms with Crippen molar-refractivity contribution in [3.8, 4) is 0 Å². The van der Waals surface area contributed by atoms with Gasteiger partial charge in [-0.05, 0) is 25.7 Å². The topological polar surface area (TPSA) is 121 Å². The fourth-order valence-corrected chi connectivity index (χ4v) is 1.76. The summed E-state index contributed by atoms with van der Waals surface area (Å²) in [5, 5.41) is 56.5. The van der Waals surface area contributed by atoms with Crippen LogP contribution in [0, 0.1) is 0 Å². The van der Waals surface area contributed by atoms with Crippen LogP contribution in [0.25, 0.3) is 0 Å². The van der Waals surface area contributed by atoms with Gasteiger partial charge in [-0.2, -0.15) is 0 Å². The Bertz CT molecular complexity index is 201. The molecule has 0 unspecified atom stereocenters. The summed E-state index contributed by atoms with van der Waals surface area (Å²) in [6, 6.07) is 0. The van der Waals surface area contributed by atoms with Crippen LogP contribution in [0.4, 0.5) is 0 Å². The highest BCUT2D eigenvalue weighted by atomic mass is 16.4. The molecule has 0 radical (unpaired) electrons. The number of rotatable bonds is 10. The Hall–Kier alpha value is -0.240. The fourth-order valence-electron chi connectivity index (χ4n) is 1.76. The van der Waals surface area contributed by atoms with Crippen molar-refractivity contribution in [1.29, 1.82) is 0 Å². The van der Waals surface area contributed by atoms with Gasteiger partial charge in [0.2, 0.25) is 0 Å². The van der Waals surface area contributed by atoms with E-state index >= 15 is 0 Å². The minimum Gasteiger partial charge on any atom is -0.396 e. The lowest BCUT2D eigenvalue weighted by Crippen LogP contribution is -2.49. The molecule has 0 aliphatic rings. The first-order valence-corrected chi connectivity index (χ1v) is 6.46. The maximum Gasteiger partial charge on any atom is 0.111 e. The summed E-state index contributed by atoms with van der Waals surface area (Å²) in [7, 11) is 0. The van der Waals surface area contributed by atoms with Gasteiger partial charge in [0.1, 0.15) is 18.3 Å². The molecule has 110 valence electrons.